The van der Waals surface area contributed by atoms with Gasteiger partial charge in [0.05, 0.1) is 11.9 Å². The number of hydrogen-bond donors (Lipinski definition) is 2. The van der Waals surface area contributed by atoms with Gasteiger partial charge in [-0.3, -0.25) is 9.59 Å². The number of carbonyl (C=O) groups excluding carboxylic acids is 1. The molecule has 0 saturated carbocycles. The summed E-state index contributed by atoms with van der Waals surface area (Å²) in [6.07, 6.45) is 1.71. The summed E-state index contributed by atoms with van der Waals surface area (Å²) in [5.41, 5.74) is 0.311. The number of carboxylic acids is 1. The van der Waals surface area contributed by atoms with Crippen molar-refractivity contribution < 1.29 is 14.7 Å². The fourth-order valence-electron chi connectivity index (χ4n) is 1.91. The van der Waals surface area contributed by atoms with E-state index in [1.165, 1.54) is 11.0 Å². The molecule has 0 spiro atoms. The molecular weight excluding hydrogens is 284 g/mol. The number of aromatic nitrogens is 3. The minimum absolute atomic E-state index is 0.00993. The van der Waals surface area contributed by atoms with Crippen molar-refractivity contribution in [3.8, 4) is 5.69 Å². The van der Waals surface area contributed by atoms with Crippen LogP contribution in [-0.2, 0) is 4.79 Å². The van der Waals surface area contributed by atoms with E-state index in [4.69, 9.17) is 5.11 Å². The summed E-state index contributed by atoms with van der Waals surface area (Å²) in [4.78, 5) is 24.2. The second-order valence-electron chi connectivity index (χ2n) is 5.59. The Balaban J connectivity index is 2.04. The Hall–Kier alpha value is -2.70. The van der Waals surface area contributed by atoms with E-state index in [0.717, 1.165) is 5.69 Å². The van der Waals surface area contributed by atoms with E-state index in [1.54, 1.807) is 13.8 Å². The molecule has 0 aliphatic heterocycles. The van der Waals surface area contributed by atoms with Crippen molar-refractivity contribution in [2.24, 2.45) is 0 Å². The lowest BCUT2D eigenvalue weighted by Crippen LogP contribution is -2.43. The third-order valence-electron chi connectivity index (χ3n) is 3.13. The molecule has 7 nitrogen and oxygen atoms in total. The predicted molar refractivity (Wildman–Crippen MR) is 79.8 cm³/mol. The van der Waals surface area contributed by atoms with Crippen molar-refractivity contribution in [2.75, 3.05) is 0 Å². The highest BCUT2D eigenvalue weighted by atomic mass is 16.4. The zero-order valence-electron chi connectivity index (χ0n) is 12.5. The molecule has 1 heterocycles. The largest absolute Gasteiger partial charge is 0.481 e. The van der Waals surface area contributed by atoms with Crippen LogP contribution in [0.3, 0.4) is 0 Å². The van der Waals surface area contributed by atoms with Gasteiger partial charge in [0.2, 0.25) is 0 Å². The zero-order valence-corrected chi connectivity index (χ0v) is 12.5. The van der Waals surface area contributed by atoms with E-state index < -0.39 is 11.5 Å². The molecule has 0 saturated heterocycles. The summed E-state index contributed by atoms with van der Waals surface area (Å²) >= 11 is 0. The number of benzene rings is 1. The average molecular weight is 302 g/mol. The Kier molecular flexibility index (Phi) is 4.55. The van der Waals surface area contributed by atoms with Gasteiger partial charge in [0, 0.05) is 12.0 Å². The van der Waals surface area contributed by atoms with Crippen LogP contribution in [0.4, 0.5) is 0 Å². The van der Waals surface area contributed by atoms with E-state index in [-0.39, 0.29) is 18.0 Å². The van der Waals surface area contributed by atoms with Crippen molar-refractivity contribution in [2.45, 2.75) is 32.2 Å². The molecule has 0 bridgehead atoms. The first kappa shape index (κ1) is 15.7. The van der Waals surface area contributed by atoms with Crippen LogP contribution in [0, 0.1) is 0 Å². The van der Waals surface area contributed by atoms with Gasteiger partial charge in [0.25, 0.3) is 5.91 Å². The standard InChI is InChI=1S/C15H18N4O3/c1-15(2,9-8-13(20)21)17-14(22)12-10-16-19(18-12)11-6-4-3-5-7-11/h3-7,10H,8-9H2,1-2H3,(H,17,22)(H,20,21). The molecule has 0 unspecified atom stereocenters. The number of rotatable bonds is 6. The molecule has 0 radical (unpaired) electrons. The maximum absolute atomic E-state index is 12.2. The monoisotopic (exact) mass is 302 g/mol. The molecule has 2 N–H and O–H groups in total. The lowest BCUT2D eigenvalue weighted by Gasteiger charge is -2.24. The minimum Gasteiger partial charge on any atom is -0.481 e. The van der Waals surface area contributed by atoms with Gasteiger partial charge in [-0.1, -0.05) is 18.2 Å². The normalized spacial score (nSPS) is 11.2. The van der Waals surface area contributed by atoms with Crippen LogP contribution in [0.25, 0.3) is 5.69 Å². The Labute approximate surface area is 128 Å². The quantitative estimate of drug-likeness (QED) is 0.845. The van der Waals surface area contributed by atoms with Crippen molar-refractivity contribution in [1.82, 2.24) is 20.3 Å². The topological polar surface area (TPSA) is 97.1 Å². The molecule has 1 amide bonds. The second kappa shape index (κ2) is 6.38. The molecular formula is C15H18N4O3. The molecule has 1 aromatic carbocycles. The average Bonchev–Trinajstić information content (AvgIpc) is 2.96. The van der Waals surface area contributed by atoms with Gasteiger partial charge < -0.3 is 10.4 Å². The Bertz CT molecular complexity index is 664. The number of aliphatic carboxylic acids is 1. The SMILES string of the molecule is CC(C)(CCC(=O)O)NC(=O)c1cnn(-c2ccccc2)n1. The third kappa shape index (κ3) is 4.15. The maximum atomic E-state index is 12.2. The van der Waals surface area contributed by atoms with E-state index in [9.17, 15) is 9.59 Å². The van der Waals surface area contributed by atoms with Crippen LogP contribution in [-0.4, -0.2) is 37.5 Å². The third-order valence-corrected chi connectivity index (χ3v) is 3.13. The van der Waals surface area contributed by atoms with Gasteiger partial charge in [-0.25, -0.2) is 0 Å². The van der Waals surface area contributed by atoms with Crippen LogP contribution in [0.1, 0.15) is 37.2 Å². The van der Waals surface area contributed by atoms with Crippen molar-refractivity contribution in [3.63, 3.8) is 0 Å². The number of hydrogen-bond acceptors (Lipinski definition) is 4. The smallest absolute Gasteiger partial charge is 0.303 e. The van der Waals surface area contributed by atoms with Crippen LogP contribution in [0.15, 0.2) is 36.5 Å². The number of carboxylic acid groups (broad SMARTS) is 1. The van der Waals surface area contributed by atoms with E-state index in [0.29, 0.717) is 6.42 Å². The first-order valence-corrected chi connectivity index (χ1v) is 6.89. The predicted octanol–water partition coefficient (Wildman–Crippen LogP) is 1.64. The van der Waals surface area contributed by atoms with Gasteiger partial charge >= 0.3 is 5.97 Å². The first-order chi connectivity index (χ1) is 10.4. The van der Waals surface area contributed by atoms with Gasteiger partial charge in [0.1, 0.15) is 0 Å². The molecule has 116 valence electrons. The minimum atomic E-state index is -0.891. The Morgan fingerprint density at radius 3 is 2.59 bits per heavy atom. The van der Waals surface area contributed by atoms with E-state index in [1.807, 2.05) is 30.3 Å². The number of amides is 1. The number of nitrogens with zero attached hydrogens (tertiary/aromatic N) is 3. The van der Waals surface area contributed by atoms with Crippen LogP contribution in [0.2, 0.25) is 0 Å². The summed E-state index contributed by atoms with van der Waals surface area (Å²) in [6.45, 7) is 3.55. The van der Waals surface area contributed by atoms with Crippen molar-refractivity contribution >= 4 is 11.9 Å². The number of nitrogens with one attached hydrogen (secondary N) is 1. The maximum Gasteiger partial charge on any atom is 0.303 e. The number of para-hydroxylation sites is 1. The lowest BCUT2D eigenvalue weighted by molar-refractivity contribution is -0.137. The van der Waals surface area contributed by atoms with Crippen molar-refractivity contribution in [1.29, 1.82) is 0 Å². The van der Waals surface area contributed by atoms with Crippen molar-refractivity contribution in [3.05, 3.63) is 42.2 Å². The summed E-state index contributed by atoms with van der Waals surface area (Å²) in [5.74, 6) is -1.27. The van der Waals surface area contributed by atoms with Gasteiger partial charge in [-0.2, -0.15) is 9.90 Å². The van der Waals surface area contributed by atoms with Crippen LogP contribution >= 0.6 is 0 Å². The van der Waals surface area contributed by atoms with E-state index >= 15 is 0 Å². The highest BCUT2D eigenvalue weighted by molar-refractivity contribution is 5.92. The van der Waals surface area contributed by atoms with E-state index in [2.05, 4.69) is 15.5 Å². The molecule has 0 fully saturated rings. The summed E-state index contributed by atoms with van der Waals surface area (Å²) in [7, 11) is 0. The molecule has 2 aromatic rings. The molecule has 0 aliphatic carbocycles. The fraction of sp³-hybridized carbons (Fsp3) is 0.333. The second-order valence-corrected chi connectivity index (χ2v) is 5.59. The Morgan fingerprint density at radius 1 is 1.27 bits per heavy atom. The lowest BCUT2D eigenvalue weighted by atomic mass is 9.98. The van der Waals surface area contributed by atoms with Gasteiger partial charge in [-0.15, -0.1) is 5.10 Å². The highest BCUT2D eigenvalue weighted by Gasteiger charge is 2.23. The molecule has 0 atom stereocenters. The molecule has 2 rings (SSSR count). The first-order valence-electron chi connectivity index (χ1n) is 6.89. The molecule has 1 aromatic heterocycles. The van der Waals surface area contributed by atoms with Crippen LogP contribution in [0.5, 0.6) is 0 Å². The van der Waals surface area contributed by atoms with Gasteiger partial charge in [0.15, 0.2) is 5.69 Å². The molecule has 22 heavy (non-hydrogen) atoms. The summed E-state index contributed by atoms with van der Waals surface area (Å²) < 4.78 is 0. The molecule has 0 aliphatic rings. The summed E-state index contributed by atoms with van der Waals surface area (Å²) in [6, 6.07) is 9.25. The Morgan fingerprint density at radius 2 is 1.95 bits per heavy atom. The fourth-order valence-corrected chi connectivity index (χ4v) is 1.91. The van der Waals surface area contributed by atoms with Gasteiger partial charge in [-0.05, 0) is 32.4 Å². The molecule has 7 heteroatoms. The summed E-state index contributed by atoms with van der Waals surface area (Å²) in [5, 5.41) is 19.7. The highest BCUT2D eigenvalue weighted by Crippen LogP contribution is 2.12. The zero-order chi connectivity index (χ0) is 16.2. The number of carbonyl (C=O) groups is 2. The van der Waals surface area contributed by atoms with Crippen LogP contribution < -0.4 is 5.32 Å².